The van der Waals surface area contributed by atoms with Gasteiger partial charge >= 0.3 is 6.01 Å². The summed E-state index contributed by atoms with van der Waals surface area (Å²) in [6.07, 6.45) is 0. The van der Waals surface area contributed by atoms with E-state index in [9.17, 15) is 4.79 Å². The lowest BCUT2D eigenvalue weighted by Gasteiger charge is -2.09. The van der Waals surface area contributed by atoms with Crippen LogP contribution in [0.15, 0.2) is 66.7 Å². The molecule has 3 aromatic carbocycles. The Labute approximate surface area is 208 Å². The van der Waals surface area contributed by atoms with Crippen LogP contribution in [0.2, 0.25) is 0 Å². The highest BCUT2D eigenvalue weighted by molar-refractivity contribution is 6.04. The van der Waals surface area contributed by atoms with Crippen molar-refractivity contribution in [1.82, 2.24) is 14.8 Å². The first-order valence-electron chi connectivity index (χ1n) is 11.6. The van der Waals surface area contributed by atoms with Crippen LogP contribution >= 0.6 is 0 Å². The summed E-state index contributed by atoms with van der Waals surface area (Å²) < 4.78 is 23.5. The van der Waals surface area contributed by atoms with E-state index < -0.39 is 0 Å². The number of ether oxygens (including phenoxy) is 4. The van der Waals surface area contributed by atoms with Crippen molar-refractivity contribution in [1.29, 1.82) is 0 Å². The van der Waals surface area contributed by atoms with E-state index in [4.69, 9.17) is 18.9 Å². The molecule has 1 amide bonds. The number of hydrogen-bond acceptors (Lipinski definition) is 7. The van der Waals surface area contributed by atoms with Crippen LogP contribution in [-0.2, 0) is 0 Å². The SMILES string of the molecule is COc1ccc(-c2nc(OCC(C)C)nn2-c2ccc(NC(=O)c3ccc4c(c3)OCO4)cc2)cc1. The van der Waals surface area contributed by atoms with Gasteiger partial charge in [0.05, 0.1) is 19.4 Å². The van der Waals surface area contributed by atoms with E-state index >= 15 is 0 Å². The third-order valence-electron chi connectivity index (χ3n) is 5.49. The number of methoxy groups -OCH3 is 1. The van der Waals surface area contributed by atoms with E-state index in [0.29, 0.717) is 47.1 Å². The second-order valence-corrected chi connectivity index (χ2v) is 8.63. The summed E-state index contributed by atoms with van der Waals surface area (Å²) in [5, 5.41) is 7.49. The molecular formula is C27H26N4O5. The molecule has 1 N–H and O–H groups in total. The summed E-state index contributed by atoms with van der Waals surface area (Å²) in [5.41, 5.74) is 2.76. The average Bonchev–Trinajstić information content (AvgIpc) is 3.55. The molecule has 184 valence electrons. The van der Waals surface area contributed by atoms with Crippen molar-refractivity contribution in [3.8, 4) is 40.3 Å². The Morgan fingerprint density at radius 1 is 1.03 bits per heavy atom. The van der Waals surface area contributed by atoms with Crippen molar-refractivity contribution >= 4 is 11.6 Å². The predicted octanol–water partition coefficient (Wildman–Crippen LogP) is 4.96. The first kappa shape index (κ1) is 23.2. The van der Waals surface area contributed by atoms with Crippen molar-refractivity contribution in [2.45, 2.75) is 13.8 Å². The normalized spacial score (nSPS) is 12.0. The number of nitrogens with zero attached hydrogens (tertiary/aromatic N) is 3. The van der Waals surface area contributed by atoms with Crippen LogP contribution in [0.5, 0.6) is 23.3 Å². The molecule has 4 aromatic rings. The molecule has 1 aliphatic heterocycles. The molecule has 0 bridgehead atoms. The summed E-state index contributed by atoms with van der Waals surface area (Å²) in [4.78, 5) is 17.3. The molecule has 0 radical (unpaired) electrons. The van der Waals surface area contributed by atoms with Crippen molar-refractivity contribution in [2.75, 3.05) is 25.8 Å². The zero-order valence-electron chi connectivity index (χ0n) is 20.2. The van der Waals surface area contributed by atoms with Gasteiger partial charge in [-0.2, -0.15) is 4.98 Å². The van der Waals surface area contributed by atoms with E-state index in [0.717, 1.165) is 17.0 Å². The van der Waals surface area contributed by atoms with E-state index in [1.807, 2.05) is 48.5 Å². The van der Waals surface area contributed by atoms with E-state index in [2.05, 4.69) is 29.2 Å². The largest absolute Gasteiger partial charge is 0.497 e. The Bertz CT molecular complexity index is 1360. The van der Waals surface area contributed by atoms with Crippen LogP contribution < -0.4 is 24.3 Å². The Kier molecular flexibility index (Phi) is 6.44. The lowest BCUT2D eigenvalue weighted by molar-refractivity contribution is 0.102. The van der Waals surface area contributed by atoms with Gasteiger partial charge in [-0.25, -0.2) is 4.68 Å². The van der Waals surface area contributed by atoms with E-state index in [-0.39, 0.29) is 12.7 Å². The minimum atomic E-state index is -0.245. The van der Waals surface area contributed by atoms with Crippen molar-refractivity contribution in [3.05, 3.63) is 72.3 Å². The van der Waals surface area contributed by atoms with Crippen LogP contribution in [0, 0.1) is 5.92 Å². The molecule has 0 spiro atoms. The average molecular weight is 487 g/mol. The number of carbonyl (C=O) groups excluding carboxylic acids is 1. The molecule has 0 unspecified atom stereocenters. The number of fused-ring (bicyclic) bond motifs is 1. The number of benzene rings is 3. The van der Waals surface area contributed by atoms with Crippen molar-refractivity contribution in [3.63, 3.8) is 0 Å². The van der Waals surface area contributed by atoms with Crippen LogP contribution in [0.1, 0.15) is 24.2 Å². The number of carbonyl (C=O) groups is 1. The van der Waals surface area contributed by atoms with Gasteiger partial charge in [0.25, 0.3) is 5.91 Å². The molecule has 9 heteroatoms. The number of anilines is 1. The molecule has 1 aliphatic rings. The fraction of sp³-hybridized carbons (Fsp3) is 0.222. The minimum absolute atomic E-state index is 0.160. The lowest BCUT2D eigenvalue weighted by Crippen LogP contribution is -2.12. The highest BCUT2D eigenvalue weighted by Gasteiger charge is 2.18. The Morgan fingerprint density at radius 3 is 2.50 bits per heavy atom. The number of nitrogens with one attached hydrogen (secondary N) is 1. The van der Waals surface area contributed by atoms with Gasteiger partial charge in [-0.05, 0) is 72.6 Å². The quantitative estimate of drug-likeness (QED) is 0.376. The van der Waals surface area contributed by atoms with Crippen LogP contribution in [0.4, 0.5) is 5.69 Å². The molecule has 0 saturated heterocycles. The molecule has 0 saturated carbocycles. The van der Waals surface area contributed by atoms with E-state index in [1.165, 1.54) is 0 Å². The van der Waals surface area contributed by atoms with Crippen molar-refractivity contribution < 1.29 is 23.7 Å². The van der Waals surface area contributed by atoms with Gasteiger partial charge in [0.15, 0.2) is 17.3 Å². The summed E-state index contributed by atoms with van der Waals surface area (Å²) in [6.45, 7) is 4.81. The third-order valence-corrected chi connectivity index (χ3v) is 5.49. The zero-order chi connectivity index (χ0) is 25.1. The molecule has 0 atom stereocenters. The van der Waals surface area contributed by atoms with Gasteiger partial charge < -0.3 is 24.3 Å². The second-order valence-electron chi connectivity index (χ2n) is 8.63. The Morgan fingerprint density at radius 2 is 1.78 bits per heavy atom. The van der Waals surface area contributed by atoms with E-state index in [1.54, 1.807) is 30.0 Å². The standard InChI is InChI=1S/C27H26N4O5/c1-17(2)15-34-27-29-25(18-4-11-22(33-3)12-5-18)31(30-27)21-9-7-20(8-10-21)28-26(32)19-6-13-23-24(14-19)36-16-35-23/h4-14,17H,15-16H2,1-3H3,(H,28,32). The summed E-state index contributed by atoms with van der Waals surface area (Å²) in [6, 6.07) is 20.3. The summed E-state index contributed by atoms with van der Waals surface area (Å²) in [7, 11) is 1.63. The van der Waals surface area contributed by atoms with Gasteiger partial charge in [-0.15, -0.1) is 5.10 Å². The predicted molar refractivity (Wildman–Crippen MR) is 134 cm³/mol. The van der Waals surface area contributed by atoms with Gasteiger partial charge in [-0.3, -0.25) is 4.79 Å². The van der Waals surface area contributed by atoms with Crippen molar-refractivity contribution in [2.24, 2.45) is 5.92 Å². The number of hydrogen-bond donors (Lipinski definition) is 1. The maximum absolute atomic E-state index is 12.7. The van der Waals surface area contributed by atoms with Gasteiger partial charge in [0.2, 0.25) is 6.79 Å². The number of aromatic nitrogens is 3. The maximum atomic E-state index is 12.7. The van der Waals surface area contributed by atoms with Crippen LogP contribution in [-0.4, -0.2) is 41.2 Å². The highest BCUT2D eigenvalue weighted by atomic mass is 16.7. The summed E-state index contributed by atoms with van der Waals surface area (Å²) >= 11 is 0. The molecule has 0 aliphatic carbocycles. The molecular weight excluding hydrogens is 460 g/mol. The summed E-state index contributed by atoms with van der Waals surface area (Å²) in [5.74, 6) is 2.68. The Balaban J connectivity index is 1.38. The molecule has 0 fully saturated rings. The molecule has 1 aromatic heterocycles. The van der Waals surface area contributed by atoms with Gasteiger partial charge in [-0.1, -0.05) is 13.8 Å². The smallest absolute Gasteiger partial charge is 0.336 e. The second kappa shape index (κ2) is 9.99. The number of rotatable bonds is 8. The topological polar surface area (TPSA) is 96.7 Å². The fourth-order valence-electron chi connectivity index (χ4n) is 3.63. The minimum Gasteiger partial charge on any atom is -0.497 e. The molecule has 36 heavy (non-hydrogen) atoms. The highest BCUT2D eigenvalue weighted by Crippen LogP contribution is 2.33. The first-order valence-corrected chi connectivity index (χ1v) is 11.6. The molecule has 2 heterocycles. The first-order chi connectivity index (χ1) is 17.5. The molecule has 5 rings (SSSR count). The fourth-order valence-corrected chi connectivity index (χ4v) is 3.63. The van der Waals surface area contributed by atoms with Crippen LogP contribution in [0.25, 0.3) is 17.1 Å². The van der Waals surface area contributed by atoms with Gasteiger partial charge in [0, 0.05) is 16.8 Å². The van der Waals surface area contributed by atoms with Gasteiger partial charge in [0.1, 0.15) is 5.75 Å². The Hall–Kier alpha value is -4.53. The molecule has 9 nitrogen and oxygen atoms in total. The maximum Gasteiger partial charge on any atom is 0.336 e. The third kappa shape index (κ3) is 4.95. The zero-order valence-corrected chi connectivity index (χ0v) is 20.2. The number of amides is 1. The lowest BCUT2D eigenvalue weighted by atomic mass is 10.1. The monoisotopic (exact) mass is 486 g/mol. The van der Waals surface area contributed by atoms with Crippen LogP contribution in [0.3, 0.4) is 0 Å².